The van der Waals surface area contributed by atoms with E-state index in [1.54, 1.807) is 37.8 Å². The fourth-order valence-corrected chi connectivity index (χ4v) is 4.05. The number of aromatic hydroxyl groups is 1. The predicted octanol–water partition coefficient (Wildman–Crippen LogP) is 5.70. The minimum Gasteiger partial charge on any atom is -0.508 e. The number of ether oxygens (including phenoxy) is 1. The largest absolute Gasteiger partial charge is 0.508 e. The van der Waals surface area contributed by atoms with Gasteiger partial charge in [0.1, 0.15) is 23.4 Å². The first kappa shape index (κ1) is 32.3. The Labute approximate surface area is 223 Å². The molecule has 8 heteroatoms. The van der Waals surface area contributed by atoms with Crippen LogP contribution in [0.2, 0.25) is 0 Å². The number of phenols is 1. The Bertz CT molecular complexity index is 852. The Morgan fingerprint density at radius 1 is 1.03 bits per heavy atom. The van der Waals surface area contributed by atoms with Crippen LogP contribution in [0.5, 0.6) is 5.75 Å². The molecule has 8 nitrogen and oxygen atoms in total. The lowest BCUT2D eigenvalue weighted by molar-refractivity contribution is -0.143. The Balaban J connectivity index is 3.44. The summed E-state index contributed by atoms with van der Waals surface area (Å²) >= 11 is 0. The summed E-state index contributed by atoms with van der Waals surface area (Å²) in [6.45, 7) is 14.2. The molecule has 3 atom stereocenters. The molecule has 3 unspecified atom stereocenters. The third kappa shape index (κ3) is 11.4. The molecule has 3 amide bonds. The highest BCUT2D eigenvalue weighted by atomic mass is 16.6. The van der Waals surface area contributed by atoms with Crippen LogP contribution >= 0.6 is 0 Å². The lowest BCUT2D eigenvalue weighted by Crippen LogP contribution is -2.55. The molecule has 0 aromatic heterocycles. The first-order valence-corrected chi connectivity index (χ1v) is 13.8. The third-order valence-electron chi connectivity index (χ3n) is 6.26. The van der Waals surface area contributed by atoms with Crippen LogP contribution in [0.15, 0.2) is 24.3 Å². The van der Waals surface area contributed by atoms with Crippen molar-refractivity contribution in [2.24, 2.45) is 5.92 Å². The molecule has 1 aromatic rings. The van der Waals surface area contributed by atoms with Gasteiger partial charge in [0, 0.05) is 13.1 Å². The molecular weight excluding hydrogens is 470 g/mol. The Morgan fingerprint density at radius 2 is 1.68 bits per heavy atom. The fourth-order valence-electron chi connectivity index (χ4n) is 4.05. The zero-order valence-corrected chi connectivity index (χ0v) is 23.9. The molecule has 37 heavy (non-hydrogen) atoms. The smallest absolute Gasteiger partial charge is 0.408 e. The Hall–Kier alpha value is -2.77. The fraction of sp³-hybridized carbons (Fsp3) is 0.690. The van der Waals surface area contributed by atoms with Gasteiger partial charge in [-0.25, -0.2) is 4.79 Å². The number of phenolic OH excluding ortho intramolecular Hbond substituents is 1. The van der Waals surface area contributed by atoms with Crippen LogP contribution in [0.1, 0.15) is 105 Å². The van der Waals surface area contributed by atoms with Gasteiger partial charge in [-0.1, -0.05) is 71.9 Å². The summed E-state index contributed by atoms with van der Waals surface area (Å²) in [5, 5.41) is 15.9. The van der Waals surface area contributed by atoms with E-state index >= 15 is 0 Å². The number of amides is 3. The number of alkyl carbamates (subject to hydrolysis) is 1. The molecule has 0 saturated heterocycles. The standard InChI is InChI=1S/C29H49N3O5/c1-8-11-13-18-30-26(34)25(22-16-15-17-23(33)20-22)32(19-14-12-9-2)27(35)24(21(4)10-3)31-28(36)37-29(5,6)7/h15-17,20-21,24-25,33H,8-14,18-19H2,1-7H3,(H,30,34)(H,31,36). The van der Waals surface area contributed by atoms with Gasteiger partial charge in [-0.2, -0.15) is 0 Å². The number of unbranched alkanes of at least 4 members (excludes halogenated alkanes) is 4. The first-order chi connectivity index (χ1) is 17.4. The van der Waals surface area contributed by atoms with E-state index < -0.39 is 23.8 Å². The molecule has 0 aliphatic carbocycles. The summed E-state index contributed by atoms with van der Waals surface area (Å²) in [6.07, 6.45) is 5.39. The molecule has 0 radical (unpaired) electrons. The highest BCUT2D eigenvalue weighted by molar-refractivity contribution is 5.92. The number of carbonyl (C=O) groups excluding carboxylic acids is 3. The van der Waals surface area contributed by atoms with Gasteiger partial charge in [0.25, 0.3) is 0 Å². The van der Waals surface area contributed by atoms with Gasteiger partial charge >= 0.3 is 6.09 Å². The molecule has 210 valence electrons. The van der Waals surface area contributed by atoms with Crippen molar-refractivity contribution in [3.05, 3.63) is 29.8 Å². The SMILES string of the molecule is CCCCCNC(=O)C(c1cccc(O)c1)N(CCCCC)C(=O)C(NC(=O)OC(C)(C)C)C(C)CC. The summed E-state index contributed by atoms with van der Waals surface area (Å²) in [5.41, 5.74) is -0.186. The number of nitrogens with one attached hydrogen (secondary N) is 2. The monoisotopic (exact) mass is 519 g/mol. The van der Waals surface area contributed by atoms with Crippen molar-refractivity contribution in [2.75, 3.05) is 13.1 Å². The van der Waals surface area contributed by atoms with Crippen LogP contribution < -0.4 is 10.6 Å². The highest BCUT2D eigenvalue weighted by Gasteiger charge is 2.38. The summed E-state index contributed by atoms with van der Waals surface area (Å²) in [7, 11) is 0. The number of benzene rings is 1. The van der Waals surface area contributed by atoms with Crippen LogP contribution in [0.3, 0.4) is 0 Å². The van der Waals surface area contributed by atoms with E-state index in [1.165, 1.54) is 12.1 Å². The van der Waals surface area contributed by atoms with Crippen molar-refractivity contribution >= 4 is 17.9 Å². The van der Waals surface area contributed by atoms with Crippen molar-refractivity contribution in [3.63, 3.8) is 0 Å². The molecule has 0 fully saturated rings. The molecular formula is C29H49N3O5. The van der Waals surface area contributed by atoms with Crippen LogP contribution in [0.4, 0.5) is 4.79 Å². The van der Waals surface area contributed by atoms with Crippen LogP contribution in [0.25, 0.3) is 0 Å². The van der Waals surface area contributed by atoms with Crippen molar-refractivity contribution in [3.8, 4) is 5.75 Å². The lowest BCUT2D eigenvalue weighted by Gasteiger charge is -2.36. The number of rotatable bonds is 15. The number of hydrogen-bond acceptors (Lipinski definition) is 5. The summed E-state index contributed by atoms with van der Waals surface area (Å²) in [5.74, 6) is -0.807. The molecule has 0 heterocycles. The van der Waals surface area contributed by atoms with Crippen molar-refractivity contribution < 1.29 is 24.2 Å². The van der Waals surface area contributed by atoms with Gasteiger partial charge in [-0.15, -0.1) is 0 Å². The quantitative estimate of drug-likeness (QED) is 0.258. The van der Waals surface area contributed by atoms with Crippen molar-refractivity contribution in [1.29, 1.82) is 0 Å². The molecule has 0 aliphatic rings. The number of hydrogen-bond donors (Lipinski definition) is 3. The normalized spacial score (nSPS) is 13.8. The van der Waals surface area contributed by atoms with Crippen LogP contribution in [-0.2, 0) is 14.3 Å². The van der Waals surface area contributed by atoms with Crippen molar-refractivity contribution in [2.45, 2.75) is 111 Å². The minimum absolute atomic E-state index is 0.0209. The van der Waals surface area contributed by atoms with Crippen LogP contribution in [-0.4, -0.2) is 52.6 Å². The highest BCUT2D eigenvalue weighted by Crippen LogP contribution is 2.27. The van der Waals surface area contributed by atoms with E-state index in [4.69, 9.17) is 4.74 Å². The van der Waals surface area contributed by atoms with Gasteiger partial charge in [-0.3, -0.25) is 9.59 Å². The van der Waals surface area contributed by atoms with E-state index in [0.29, 0.717) is 31.5 Å². The first-order valence-electron chi connectivity index (χ1n) is 13.8. The van der Waals surface area contributed by atoms with Gasteiger partial charge in [-0.05, 0) is 57.2 Å². The zero-order valence-electron chi connectivity index (χ0n) is 23.9. The molecule has 0 spiro atoms. The molecule has 1 aromatic carbocycles. The van der Waals surface area contributed by atoms with Crippen LogP contribution in [0, 0.1) is 5.92 Å². The maximum atomic E-state index is 14.1. The summed E-state index contributed by atoms with van der Waals surface area (Å²) < 4.78 is 5.44. The van der Waals surface area contributed by atoms with Gasteiger partial charge in [0.15, 0.2) is 0 Å². The maximum absolute atomic E-state index is 14.1. The maximum Gasteiger partial charge on any atom is 0.408 e. The third-order valence-corrected chi connectivity index (χ3v) is 6.26. The Morgan fingerprint density at radius 3 is 2.24 bits per heavy atom. The molecule has 0 bridgehead atoms. The average Bonchev–Trinajstić information content (AvgIpc) is 2.82. The second-order valence-electron chi connectivity index (χ2n) is 10.7. The van der Waals surface area contributed by atoms with Crippen molar-refractivity contribution in [1.82, 2.24) is 15.5 Å². The average molecular weight is 520 g/mol. The second kappa shape index (κ2) is 16.2. The predicted molar refractivity (Wildman–Crippen MR) is 147 cm³/mol. The summed E-state index contributed by atoms with van der Waals surface area (Å²) in [4.78, 5) is 41.9. The molecule has 0 aliphatic heterocycles. The van der Waals surface area contributed by atoms with E-state index in [-0.39, 0.29) is 23.5 Å². The lowest BCUT2D eigenvalue weighted by atomic mass is 9.95. The summed E-state index contributed by atoms with van der Waals surface area (Å²) in [6, 6.07) is 4.67. The van der Waals surface area contributed by atoms with Gasteiger partial charge in [0.05, 0.1) is 0 Å². The van der Waals surface area contributed by atoms with Gasteiger partial charge in [0.2, 0.25) is 11.8 Å². The van der Waals surface area contributed by atoms with E-state index in [9.17, 15) is 19.5 Å². The van der Waals surface area contributed by atoms with E-state index in [1.807, 2.05) is 13.8 Å². The molecule has 3 N–H and O–H groups in total. The molecule has 1 rings (SSSR count). The minimum atomic E-state index is -0.940. The molecule has 0 saturated carbocycles. The van der Waals surface area contributed by atoms with E-state index in [2.05, 4.69) is 24.5 Å². The number of nitrogens with zero attached hydrogens (tertiary/aromatic N) is 1. The van der Waals surface area contributed by atoms with Gasteiger partial charge < -0.3 is 25.4 Å². The topological polar surface area (TPSA) is 108 Å². The van der Waals surface area contributed by atoms with E-state index in [0.717, 1.165) is 32.1 Å². The zero-order chi connectivity index (χ0) is 28.0. The Kier molecular flexibility index (Phi) is 14.1. The number of carbonyl (C=O) groups is 3. The second-order valence-corrected chi connectivity index (χ2v) is 10.7.